The molecule has 2 heterocycles. The van der Waals surface area contributed by atoms with Crippen molar-refractivity contribution in [1.82, 2.24) is 19.7 Å². The van der Waals surface area contributed by atoms with E-state index in [2.05, 4.69) is 15.1 Å². The molecule has 0 aliphatic rings. The molecule has 5 heteroatoms. The Morgan fingerprint density at radius 1 is 1.31 bits per heavy atom. The summed E-state index contributed by atoms with van der Waals surface area (Å²) in [6, 6.07) is 1.93. The molecule has 0 aliphatic heterocycles. The van der Waals surface area contributed by atoms with Gasteiger partial charge in [0.1, 0.15) is 11.6 Å². The maximum Gasteiger partial charge on any atom is 0.162 e. The largest absolute Gasteiger partial charge is 0.383 e. The van der Waals surface area contributed by atoms with Gasteiger partial charge in [-0.2, -0.15) is 5.10 Å². The molecule has 0 aliphatic carbocycles. The van der Waals surface area contributed by atoms with Gasteiger partial charge in [0.2, 0.25) is 0 Å². The lowest BCUT2D eigenvalue weighted by atomic mass is 10.3. The van der Waals surface area contributed by atoms with E-state index in [1.165, 1.54) is 0 Å². The van der Waals surface area contributed by atoms with Gasteiger partial charge in [0.25, 0.3) is 0 Å². The number of aromatic nitrogens is 4. The van der Waals surface area contributed by atoms with Crippen LogP contribution in [0.4, 0.5) is 5.82 Å². The lowest BCUT2D eigenvalue weighted by molar-refractivity contribution is 0.796. The number of nitrogens with two attached hydrogens (primary N) is 1. The van der Waals surface area contributed by atoms with Gasteiger partial charge in [0.05, 0.1) is 5.69 Å². The summed E-state index contributed by atoms with van der Waals surface area (Å²) in [4.78, 5) is 8.65. The van der Waals surface area contributed by atoms with Gasteiger partial charge in [-0.15, -0.1) is 0 Å². The van der Waals surface area contributed by atoms with Crippen LogP contribution in [0.2, 0.25) is 0 Å². The molecule has 0 saturated carbocycles. The quantitative estimate of drug-likeness (QED) is 0.826. The predicted molar refractivity (Wildman–Crippen MR) is 62.4 cm³/mol. The summed E-state index contributed by atoms with van der Waals surface area (Å²) < 4.78 is 1.74. The second kappa shape index (κ2) is 3.92. The Kier molecular flexibility index (Phi) is 2.60. The molecule has 0 aromatic carbocycles. The Morgan fingerprint density at radius 3 is 2.62 bits per heavy atom. The fourth-order valence-corrected chi connectivity index (χ4v) is 1.48. The van der Waals surface area contributed by atoms with Crippen molar-refractivity contribution in [3.63, 3.8) is 0 Å². The average molecular weight is 217 g/mol. The summed E-state index contributed by atoms with van der Waals surface area (Å²) in [6.45, 7) is 5.85. The summed E-state index contributed by atoms with van der Waals surface area (Å²) in [5.74, 6) is 2.03. The minimum Gasteiger partial charge on any atom is -0.383 e. The highest BCUT2D eigenvalue weighted by atomic mass is 15.3. The summed E-state index contributed by atoms with van der Waals surface area (Å²) in [5.41, 5.74) is 7.66. The van der Waals surface area contributed by atoms with Crippen molar-refractivity contribution < 1.29 is 0 Å². The van der Waals surface area contributed by atoms with Gasteiger partial charge < -0.3 is 5.73 Å². The Balaban J connectivity index is 2.59. The topological polar surface area (TPSA) is 69.6 Å². The second-order valence-corrected chi connectivity index (χ2v) is 3.73. The molecular formula is C11H15N5. The predicted octanol–water partition coefficient (Wildman–Crippen LogP) is 1.42. The molecule has 0 radical (unpaired) electrons. The number of anilines is 1. The Labute approximate surface area is 94.3 Å². The van der Waals surface area contributed by atoms with E-state index >= 15 is 0 Å². The van der Waals surface area contributed by atoms with E-state index in [1.807, 2.05) is 33.0 Å². The summed E-state index contributed by atoms with van der Waals surface area (Å²) in [7, 11) is 0. The first-order valence-corrected chi connectivity index (χ1v) is 5.27. The van der Waals surface area contributed by atoms with Gasteiger partial charge in [-0.3, -0.25) is 0 Å². The van der Waals surface area contributed by atoms with Crippen LogP contribution in [-0.4, -0.2) is 19.7 Å². The minimum absolute atomic E-state index is 0.523. The summed E-state index contributed by atoms with van der Waals surface area (Å²) in [5, 5.41) is 4.33. The summed E-state index contributed by atoms with van der Waals surface area (Å²) in [6.07, 6.45) is 2.64. The van der Waals surface area contributed by atoms with Crippen LogP contribution >= 0.6 is 0 Å². The SMILES string of the molecule is CCc1nc(N)c(C)c(-n2ccc(C)n2)n1. The van der Waals surface area contributed by atoms with E-state index in [9.17, 15) is 0 Å². The molecule has 16 heavy (non-hydrogen) atoms. The fourth-order valence-electron chi connectivity index (χ4n) is 1.48. The monoisotopic (exact) mass is 217 g/mol. The molecule has 0 bridgehead atoms. The lowest BCUT2D eigenvalue weighted by Gasteiger charge is -2.08. The van der Waals surface area contributed by atoms with Gasteiger partial charge in [-0.25, -0.2) is 14.6 Å². The molecule has 0 atom stereocenters. The minimum atomic E-state index is 0.523. The number of hydrogen-bond donors (Lipinski definition) is 1. The van der Waals surface area contributed by atoms with Crippen molar-refractivity contribution in [3.05, 3.63) is 29.3 Å². The van der Waals surface area contributed by atoms with E-state index in [0.29, 0.717) is 5.82 Å². The van der Waals surface area contributed by atoms with E-state index in [0.717, 1.165) is 29.3 Å². The van der Waals surface area contributed by atoms with E-state index in [4.69, 9.17) is 5.73 Å². The zero-order valence-electron chi connectivity index (χ0n) is 9.73. The zero-order valence-corrected chi connectivity index (χ0v) is 9.73. The van der Waals surface area contributed by atoms with Crippen LogP contribution in [0, 0.1) is 13.8 Å². The highest BCUT2D eigenvalue weighted by molar-refractivity contribution is 5.48. The molecule has 5 nitrogen and oxygen atoms in total. The van der Waals surface area contributed by atoms with Crippen molar-refractivity contribution >= 4 is 5.82 Å². The van der Waals surface area contributed by atoms with E-state index in [1.54, 1.807) is 4.68 Å². The molecule has 0 fully saturated rings. The second-order valence-electron chi connectivity index (χ2n) is 3.73. The molecule has 0 unspecified atom stereocenters. The molecule has 2 rings (SSSR count). The van der Waals surface area contributed by atoms with Crippen LogP contribution in [0.5, 0.6) is 0 Å². The van der Waals surface area contributed by atoms with E-state index < -0.39 is 0 Å². The van der Waals surface area contributed by atoms with Crippen molar-refractivity contribution in [3.8, 4) is 5.82 Å². The Bertz CT molecular complexity index is 515. The van der Waals surface area contributed by atoms with Crippen LogP contribution in [0.15, 0.2) is 12.3 Å². The maximum absolute atomic E-state index is 5.85. The van der Waals surface area contributed by atoms with Gasteiger partial charge in [-0.05, 0) is 19.9 Å². The molecule has 0 saturated heterocycles. The third kappa shape index (κ3) is 1.76. The molecular weight excluding hydrogens is 202 g/mol. The first-order chi connectivity index (χ1) is 7.61. The van der Waals surface area contributed by atoms with Gasteiger partial charge in [0, 0.05) is 18.2 Å². The van der Waals surface area contributed by atoms with Crippen molar-refractivity contribution in [2.45, 2.75) is 27.2 Å². The number of rotatable bonds is 2. The number of nitrogen functional groups attached to an aromatic ring is 1. The number of nitrogens with zero attached hydrogens (tertiary/aromatic N) is 4. The first-order valence-electron chi connectivity index (χ1n) is 5.27. The number of hydrogen-bond acceptors (Lipinski definition) is 4. The van der Waals surface area contributed by atoms with Crippen LogP contribution in [0.1, 0.15) is 24.0 Å². The average Bonchev–Trinajstić information content (AvgIpc) is 2.68. The van der Waals surface area contributed by atoms with Crippen molar-refractivity contribution in [2.24, 2.45) is 0 Å². The highest BCUT2D eigenvalue weighted by Gasteiger charge is 2.10. The van der Waals surface area contributed by atoms with E-state index in [-0.39, 0.29) is 0 Å². The number of aryl methyl sites for hydroxylation is 2. The third-order valence-corrected chi connectivity index (χ3v) is 2.46. The molecule has 2 aromatic rings. The normalized spacial score (nSPS) is 10.7. The van der Waals surface area contributed by atoms with Gasteiger partial charge >= 0.3 is 0 Å². The Hall–Kier alpha value is -1.91. The fraction of sp³-hybridized carbons (Fsp3) is 0.364. The molecule has 84 valence electrons. The van der Waals surface area contributed by atoms with Gasteiger partial charge in [0.15, 0.2) is 5.82 Å². The Morgan fingerprint density at radius 2 is 2.06 bits per heavy atom. The van der Waals surface area contributed by atoms with Crippen LogP contribution in [-0.2, 0) is 6.42 Å². The summed E-state index contributed by atoms with van der Waals surface area (Å²) >= 11 is 0. The third-order valence-electron chi connectivity index (χ3n) is 2.46. The van der Waals surface area contributed by atoms with Crippen LogP contribution in [0.3, 0.4) is 0 Å². The molecule has 0 spiro atoms. The lowest BCUT2D eigenvalue weighted by Crippen LogP contribution is -2.09. The first kappa shape index (κ1) is 10.6. The van der Waals surface area contributed by atoms with Crippen LogP contribution < -0.4 is 5.73 Å². The molecule has 0 amide bonds. The van der Waals surface area contributed by atoms with Crippen molar-refractivity contribution in [1.29, 1.82) is 0 Å². The van der Waals surface area contributed by atoms with Crippen molar-refractivity contribution in [2.75, 3.05) is 5.73 Å². The zero-order chi connectivity index (χ0) is 11.7. The standard InChI is InChI=1S/C11H15N5/c1-4-9-13-10(12)8(3)11(14-9)16-6-5-7(2)15-16/h5-6H,4H2,1-3H3,(H2,12,13,14). The highest BCUT2D eigenvalue weighted by Crippen LogP contribution is 2.16. The van der Waals surface area contributed by atoms with Crippen LogP contribution in [0.25, 0.3) is 5.82 Å². The smallest absolute Gasteiger partial charge is 0.162 e. The maximum atomic E-state index is 5.85. The molecule has 2 aromatic heterocycles. The molecule has 2 N–H and O–H groups in total. The van der Waals surface area contributed by atoms with Gasteiger partial charge in [-0.1, -0.05) is 6.92 Å².